The van der Waals surface area contributed by atoms with E-state index in [9.17, 15) is 19.8 Å². The molecule has 0 aromatic heterocycles. The highest BCUT2D eigenvalue weighted by molar-refractivity contribution is 6.30. The number of piperidine rings is 1. The van der Waals surface area contributed by atoms with Crippen molar-refractivity contribution in [3.05, 3.63) is 34.9 Å². The maximum atomic E-state index is 13.6. The molecule has 3 rings (SSSR count). The van der Waals surface area contributed by atoms with Gasteiger partial charge in [0, 0.05) is 57.8 Å². The number of carbonyl (C=O) groups is 2. The Morgan fingerprint density at radius 3 is 2.63 bits per heavy atom. The molecular weight excluding hydrogens is 504 g/mol. The van der Waals surface area contributed by atoms with E-state index >= 15 is 0 Å². The fourth-order valence-corrected chi connectivity index (χ4v) is 6.72. The first-order chi connectivity index (χ1) is 18.2. The monoisotopic (exact) mass is 550 g/mol. The zero-order valence-corrected chi connectivity index (χ0v) is 24.0. The van der Waals surface area contributed by atoms with Gasteiger partial charge in [0.15, 0.2) is 0 Å². The number of ether oxygens (including phenoxy) is 1. The summed E-state index contributed by atoms with van der Waals surface area (Å²) < 4.78 is 5.21. The number of carbonyl (C=O) groups excluding carboxylic acids is 1. The molecule has 1 aliphatic carbocycles. The molecule has 2 fully saturated rings. The van der Waals surface area contributed by atoms with Gasteiger partial charge < -0.3 is 24.7 Å². The van der Waals surface area contributed by atoms with Crippen molar-refractivity contribution < 1.29 is 24.5 Å². The zero-order chi connectivity index (χ0) is 27.5. The second-order valence-corrected chi connectivity index (χ2v) is 12.0. The molecule has 1 unspecified atom stereocenters. The number of halogens is 1. The van der Waals surface area contributed by atoms with Crippen LogP contribution in [-0.2, 0) is 15.1 Å². The largest absolute Gasteiger partial charge is 0.465 e. The maximum Gasteiger partial charge on any atom is 0.407 e. The van der Waals surface area contributed by atoms with Gasteiger partial charge in [-0.1, -0.05) is 55.8 Å². The second-order valence-electron chi connectivity index (χ2n) is 11.5. The van der Waals surface area contributed by atoms with Gasteiger partial charge in [-0.05, 0) is 68.1 Å². The van der Waals surface area contributed by atoms with Crippen LogP contribution in [0.4, 0.5) is 4.79 Å². The highest BCUT2D eigenvalue weighted by Gasteiger charge is 2.41. The SMILES string of the molecule is COCCCCC(O)(c1cccc(Cl)c1)[C@@H]1CCCN(C(=O)C[C@@H](CC2CCCCC2)CN(C)C(=O)O)C1. The molecule has 1 saturated heterocycles. The Morgan fingerprint density at radius 2 is 1.95 bits per heavy atom. The fraction of sp³-hybridized carbons (Fsp3) is 0.733. The predicted octanol–water partition coefficient (Wildman–Crippen LogP) is 6.17. The summed E-state index contributed by atoms with van der Waals surface area (Å²) in [5.74, 6) is 0.549. The number of unbranched alkanes of at least 4 members (excludes halogenated alkanes) is 1. The number of rotatable bonds is 13. The third-order valence-electron chi connectivity index (χ3n) is 8.64. The van der Waals surface area contributed by atoms with Crippen molar-refractivity contribution in [3.63, 3.8) is 0 Å². The van der Waals surface area contributed by atoms with Gasteiger partial charge in [-0.3, -0.25) is 4.79 Å². The molecule has 2 N–H and O–H groups in total. The molecular formula is C30H47ClN2O5. The topological polar surface area (TPSA) is 90.3 Å². The minimum atomic E-state index is -1.08. The Balaban J connectivity index is 1.72. The average molecular weight is 551 g/mol. The van der Waals surface area contributed by atoms with Crippen LogP contribution >= 0.6 is 11.6 Å². The molecule has 3 atom stereocenters. The van der Waals surface area contributed by atoms with Gasteiger partial charge in [-0.25, -0.2) is 4.79 Å². The summed E-state index contributed by atoms with van der Waals surface area (Å²) in [6.45, 7) is 2.20. The van der Waals surface area contributed by atoms with Crippen LogP contribution in [0, 0.1) is 17.8 Å². The van der Waals surface area contributed by atoms with Crippen LogP contribution in [0.2, 0.25) is 5.02 Å². The summed E-state index contributed by atoms with van der Waals surface area (Å²) in [6.07, 6.45) is 10.3. The van der Waals surface area contributed by atoms with Gasteiger partial charge in [-0.2, -0.15) is 0 Å². The highest BCUT2D eigenvalue weighted by atomic mass is 35.5. The molecule has 0 bridgehead atoms. The van der Waals surface area contributed by atoms with Crippen molar-refractivity contribution in [3.8, 4) is 0 Å². The van der Waals surface area contributed by atoms with E-state index in [1.807, 2.05) is 29.2 Å². The highest BCUT2D eigenvalue weighted by Crippen LogP contribution is 2.41. The molecule has 1 aromatic rings. The summed E-state index contributed by atoms with van der Waals surface area (Å²) in [6, 6.07) is 7.47. The summed E-state index contributed by atoms with van der Waals surface area (Å²) in [7, 11) is 3.27. The number of amides is 2. The Bertz CT molecular complexity index is 893. The van der Waals surface area contributed by atoms with Gasteiger partial charge in [-0.15, -0.1) is 0 Å². The Morgan fingerprint density at radius 1 is 1.18 bits per heavy atom. The fourth-order valence-electron chi connectivity index (χ4n) is 6.53. The van der Waals surface area contributed by atoms with Crippen LogP contribution in [0.5, 0.6) is 0 Å². The third kappa shape index (κ3) is 8.85. The summed E-state index contributed by atoms with van der Waals surface area (Å²) in [5.41, 5.74) is -0.275. The van der Waals surface area contributed by atoms with Gasteiger partial charge in [0.05, 0.1) is 5.60 Å². The summed E-state index contributed by atoms with van der Waals surface area (Å²) >= 11 is 6.31. The normalized spacial score (nSPS) is 21.1. The lowest BCUT2D eigenvalue weighted by atomic mass is 9.74. The molecule has 214 valence electrons. The van der Waals surface area contributed by atoms with Crippen molar-refractivity contribution in [1.82, 2.24) is 9.80 Å². The van der Waals surface area contributed by atoms with Crippen LogP contribution in [0.15, 0.2) is 24.3 Å². The standard InChI is InChI=1S/C30H47ClN2O5/c1-32(29(35)36)21-24(18-23-10-4-3-5-11-23)19-28(34)33-16-9-13-26(22-33)30(37,15-6-7-17-38-2)25-12-8-14-27(31)20-25/h8,12,14,20,23-24,26,37H,3-7,9-11,13,15-19,21-22H2,1-2H3,(H,35,36)/t24-,26-,30?/m1/s1. The molecule has 2 amide bonds. The number of benzene rings is 1. The first-order valence-electron chi connectivity index (χ1n) is 14.4. The molecule has 1 saturated carbocycles. The summed E-state index contributed by atoms with van der Waals surface area (Å²) in [4.78, 5) is 28.4. The summed E-state index contributed by atoms with van der Waals surface area (Å²) in [5, 5.41) is 22.2. The van der Waals surface area contributed by atoms with E-state index < -0.39 is 11.7 Å². The minimum Gasteiger partial charge on any atom is -0.465 e. The Kier molecular flexibility index (Phi) is 12.2. The molecule has 2 aliphatic rings. The van der Waals surface area contributed by atoms with E-state index in [4.69, 9.17) is 16.3 Å². The first kappa shape index (κ1) is 30.7. The molecule has 0 spiro atoms. The number of carboxylic acid groups (broad SMARTS) is 1. The van der Waals surface area contributed by atoms with Gasteiger partial charge in [0.1, 0.15) is 0 Å². The number of hydrogen-bond acceptors (Lipinski definition) is 4. The lowest BCUT2D eigenvalue weighted by molar-refractivity contribution is -0.138. The molecule has 38 heavy (non-hydrogen) atoms. The van der Waals surface area contributed by atoms with E-state index in [0.717, 1.165) is 37.7 Å². The van der Waals surface area contributed by atoms with E-state index in [1.54, 1.807) is 14.2 Å². The van der Waals surface area contributed by atoms with Crippen molar-refractivity contribution >= 4 is 23.6 Å². The first-order valence-corrected chi connectivity index (χ1v) is 14.8. The molecule has 0 radical (unpaired) electrons. The molecule has 1 heterocycles. The van der Waals surface area contributed by atoms with Gasteiger partial charge in [0.2, 0.25) is 5.91 Å². The van der Waals surface area contributed by atoms with E-state index in [0.29, 0.717) is 50.0 Å². The Labute approximate surface area is 233 Å². The molecule has 8 heteroatoms. The van der Waals surface area contributed by atoms with Crippen molar-refractivity contribution in [1.29, 1.82) is 0 Å². The quantitative estimate of drug-likeness (QED) is 0.287. The van der Waals surface area contributed by atoms with Crippen molar-refractivity contribution in [2.45, 2.75) is 82.7 Å². The lowest BCUT2D eigenvalue weighted by Crippen LogP contribution is -2.48. The van der Waals surface area contributed by atoms with Crippen LogP contribution in [0.1, 0.15) is 82.6 Å². The van der Waals surface area contributed by atoms with Gasteiger partial charge in [0.25, 0.3) is 0 Å². The third-order valence-corrected chi connectivity index (χ3v) is 8.88. The Hall–Kier alpha value is -1.83. The number of aliphatic hydroxyl groups is 1. The average Bonchev–Trinajstić information content (AvgIpc) is 2.91. The van der Waals surface area contributed by atoms with E-state index in [1.165, 1.54) is 37.0 Å². The second kappa shape index (κ2) is 15.1. The smallest absolute Gasteiger partial charge is 0.407 e. The predicted molar refractivity (Wildman–Crippen MR) is 150 cm³/mol. The van der Waals surface area contributed by atoms with Crippen LogP contribution < -0.4 is 0 Å². The van der Waals surface area contributed by atoms with Crippen LogP contribution in [-0.4, -0.2) is 72.4 Å². The van der Waals surface area contributed by atoms with Crippen molar-refractivity contribution in [2.75, 3.05) is 40.4 Å². The molecule has 7 nitrogen and oxygen atoms in total. The lowest BCUT2D eigenvalue weighted by Gasteiger charge is -2.43. The number of methoxy groups -OCH3 is 1. The number of nitrogens with zero attached hydrogens (tertiary/aromatic N) is 2. The molecule has 1 aliphatic heterocycles. The minimum absolute atomic E-state index is 0.00735. The number of likely N-dealkylation sites (tertiary alicyclic amines) is 1. The van der Waals surface area contributed by atoms with Gasteiger partial charge >= 0.3 is 6.09 Å². The maximum absolute atomic E-state index is 13.6. The van der Waals surface area contributed by atoms with E-state index in [-0.39, 0.29) is 17.7 Å². The van der Waals surface area contributed by atoms with Crippen molar-refractivity contribution in [2.24, 2.45) is 17.8 Å². The number of hydrogen-bond donors (Lipinski definition) is 2. The zero-order valence-electron chi connectivity index (χ0n) is 23.2. The van der Waals surface area contributed by atoms with Crippen LogP contribution in [0.25, 0.3) is 0 Å². The van der Waals surface area contributed by atoms with E-state index in [2.05, 4.69) is 0 Å². The molecule has 1 aromatic carbocycles. The van der Waals surface area contributed by atoms with Crippen LogP contribution in [0.3, 0.4) is 0 Å².